The molecule has 22 heavy (non-hydrogen) atoms. The second-order valence-corrected chi connectivity index (χ2v) is 7.62. The Balaban J connectivity index is 1.58. The number of likely N-dealkylation sites (tertiary alicyclic amines) is 1. The lowest BCUT2D eigenvalue weighted by Gasteiger charge is -2.22. The lowest BCUT2D eigenvalue weighted by molar-refractivity contribution is -0.131. The van der Waals surface area contributed by atoms with E-state index in [1.165, 1.54) is 4.70 Å². The molecule has 0 saturated carbocycles. The van der Waals surface area contributed by atoms with E-state index in [4.69, 9.17) is 4.98 Å². The van der Waals surface area contributed by atoms with Gasteiger partial charge in [-0.3, -0.25) is 4.79 Å². The highest BCUT2D eigenvalue weighted by atomic mass is 32.1. The van der Waals surface area contributed by atoms with Crippen LogP contribution in [-0.2, 0) is 11.2 Å². The lowest BCUT2D eigenvalue weighted by Crippen LogP contribution is -2.31. The Hall–Kier alpha value is -1.72. The second kappa shape index (κ2) is 5.82. The molecular formula is C17H16N2OS2. The Morgan fingerprint density at radius 3 is 3.00 bits per heavy atom. The molecule has 0 spiro atoms. The van der Waals surface area contributed by atoms with E-state index < -0.39 is 0 Å². The van der Waals surface area contributed by atoms with Crippen molar-refractivity contribution in [1.82, 2.24) is 9.88 Å². The summed E-state index contributed by atoms with van der Waals surface area (Å²) in [6, 6.07) is 12.4. The number of carbonyl (C=O) groups is 1. The summed E-state index contributed by atoms with van der Waals surface area (Å²) >= 11 is 3.37. The lowest BCUT2D eigenvalue weighted by atomic mass is 10.2. The van der Waals surface area contributed by atoms with Crippen LogP contribution in [0.3, 0.4) is 0 Å². The third-order valence-corrected chi connectivity index (χ3v) is 6.09. The number of hydrogen-bond donors (Lipinski definition) is 0. The molecule has 2 aromatic heterocycles. The third-order valence-electron chi connectivity index (χ3n) is 4.07. The van der Waals surface area contributed by atoms with Gasteiger partial charge in [-0.05, 0) is 36.4 Å². The fraction of sp³-hybridized carbons (Fsp3) is 0.294. The molecule has 5 heteroatoms. The SMILES string of the molecule is O=C(Cc1cccs1)N1CCCC1c1nc2ccccc2s1. The Morgan fingerprint density at radius 2 is 2.18 bits per heavy atom. The Kier molecular flexibility index (Phi) is 3.68. The van der Waals surface area contributed by atoms with Gasteiger partial charge in [0.1, 0.15) is 5.01 Å². The van der Waals surface area contributed by atoms with Gasteiger partial charge in [0.2, 0.25) is 5.91 Å². The molecule has 3 heterocycles. The minimum absolute atomic E-state index is 0.157. The van der Waals surface area contributed by atoms with Gasteiger partial charge in [-0.1, -0.05) is 18.2 Å². The van der Waals surface area contributed by atoms with Crippen LogP contribution < -0.4 is 0 Å². The number of fused-ring (bicyclic) bond motifs is 1. The van der Waals surface area contributed by atoms with Crippen LogP contribution in [0.1, 0.15) is 28.8 Å². The summed E-state index contributed by atoms with van der Waals surface area (Å²) in [5.41, 5.74) is 1.04. The molecule has 0 N–H and O–H groups in total. The molecule has 4 rings (SSSR count). The van der Waals surface area contributed by atoms with E-state index in [0.29, 0.717) is 6.42 Å². The monoisotopic (exact) mass is 328 g/mol. The predicted molar refractivity (Wildman–Crippen MR) is 91.3 cm³/mol. The van der Waals surface area contributed by atoms with Gasteiger partial charge in [0.25, 0.3) is 0 Å². The number of amides is 1. The van der Waals surface area contributed by atoms with Crippen LogP contribution >= 0.6 is 22.7 Å². The zero-order chi connectivity index (χ0) is 14.9. The predicted octanol–water partition coefficient (Wildman–Crippen LogP) is 4.26. The van der Waals surface area contributed by atoms with Crippen molar-refractivity contribution < 1.29 is 4.79 Å². The highest BCUT2D eigenvalue weighted by Gasteiger charge is 2.32. The molecule has 1 fully saturated rings. The summed E-state index contributed by atoms with van der Waals surface area (Å²) in [7, 11) is 0. The van der Waals surface area contributed by atoms with Crippen LogP contribution in [0.25, 0.3) is 10.2 Å². The Morgan fingerprint density at radius 1 is 1.27 bits per heavy atom. The molecule has 1 saturated heterocycles. The molecular weight excluding hydrogens is 312 g/mol. The molecule has 1 aromatic carbocycles. The summed E-state index contributed by atoms with van der Waals surface area (Å²) in [6.45, 7) is 0.852. The summed E-state index contributed by atoms with van der Waals surface area (Å²) in [5, 5.41) is 3.11. The summed E-state index contributed by atoms with van der Waals surface area (Å²) in [6.07, 6.45) is 2.60. The number of carbonyl (C=O) groups excluding carboxylic acids is 1. The zero-order valence-electron chi connectivity index (χ0n) is 12.1. The zero-order valence-corrected chi connectivity index (χ0v) is 13.7. The van der Waals surface area contributed by atoms with Crippen LogP contribution in [0.5, 0.6) is 0 Å². The van der Waals surface area contributed by atoms with Gasteiger partial charge in [0.05, 0.1) is 22.7 Å². The smallest absolute Gasteiger partial charge is 0.228 e. The quantitative estimate of drug-likeness (QED) is 0.719. The van der Waals surface area contributed by atoms with Crippen molar-refractivity contribution in [1.29, 1.82) is 0 Å². The summed E-state index contributed by atoms with van der Waals surface area (Å²) in [4.78, 5) is 20.5. The largest absolute Gasteiger partial charge is 0.333 e. The number of thiophene rings is 1. The Bertz CT molecular complexity index is 761. The van der Waals surface area contributed by atoms with Gasteiger partial charge >= 0.3 is 0 Å². The first-order valence-corrected chi connectivity index (χ1v) is 9.18. The molecule has 1 unspecified atom stereocenters. The normalized spacial score (nSPS) is 18.2. The number of para-hydroxylation sites is 1. The van der Waals surface area contributed by atoms with Gasteiger partial charge < -0.3 is 4.90 Å². The van der Waals surface area contributed by atoms with Crippen molar-refractivity contribution in [2.45, 2.75) is 25.3 Å². The van der Waals surface area contributed by atoms with Crippen LogP contribution in [0.2, 0.25) is 0 Å². The number of hydrogen-bond acceptors (Lipinski definition) is 4. The molecule has 3 nitrogen and oxygen atoms in total. The average Bonchev–Trinajstić information content (AvgIpc) is 3.26. The number of thiazole rings is 1. The average molecular weight is 328 g/mol. The summed E-state index contributed by atoms with van der Waals surface area (Å²) < 4.78 is 1.20. The fourth-order valence-corrected chi connectivity index (χ4v) is 4.83. The van der Waals surface area contributed by atoms with Crippen LogP contribution in [0.4, 0.5) is 0 Å². The van der Waals surface area contributed by atoms with Gasteiger partial charge in [-0.25, -0.2) is 4.98 Å². The van der Waals surface area contributed by atoms with Gasteiger partial charge in [0, 0.05) is 11.4 Å². The van der Waals surface area contributed by atoms with Gasteiger partial charge in [0.15, 0.2) is 0 Å². The Labute approximate surface area is 137 Å². The van der Waals surface area contributed by atoms with Gasteiger partial charge in [-0.15, -0.1) is 22.7 Å². The minimum Gasteiger partial charge on any atom is -0.333 e. The molecule has 1 amide bonds. The topological polar surface area (TPSA) is 33.2 Å². The van der Waals surface area contributed by atoms with E-state index >= 15 is 0 Å². The maximum Gasteiger partial charge on any atom is 0.228 e. The number of aromatic nitrogens is 1. The third kappa shape index (κ3) is 2.55. The first-order valence-electron chi connectivity index (χ1n) is 7.48. The highest BCUT2D eigenvalue weighted by molar-refractivity contribution is 7.18. The standard InChI is InChI=1S/C17H16N2OS2/c20-16(11-12-5-4-10-21-12)19-9-3-7-14(19)17-18-13-6-1-2-8-15(13)22-17/h1-2,4-6,8,10,14H,3,7,9,11H2. The molecule has 112 valence electrons. The number of benzene rings is 1. The van der Waals surface area contributed by atoms with Crippen molar-refractivity contribution in [3.63, 3.8) is 0 Å². The van der Waals surface area contributed by atoms with E-state index in [1.807, 2.05) is 40.6 Å². The van der Waals surface area contributed by atoms with Crippen LogP contribution in [0.15, 0.2) is 41.8 Å². The van der Waals surface area contributed by atoms with Crippen molar-refractivity contribution in [3.05, 3.63) is 51.7 Å². The van der Waals surface area contributed by atoms with E-state index in [0.717, 1.165) is 34.8 Å². The fourth-order valence-electron chi connectivity index (χ4n) is 3.02. The van der Waals surface area contributed by atoms with E-state index in [2.05, 4.69) is 6.07 Å². The maximum atomic E-state index is 12.6. The number of rotatable bonds is 3. The van der Waals surface area contributed by atoms with Gasteiger partial charge in [-0.2, -0.15) is 0 Å². The van der Waals surface area contributed by atoms with Crippen LogP contribution in [0, 0.1) is 0 Å². The van der Waals surface area contributed by atoms with Crippen molar-refractivity contribution in [2.75, 3.05) is 6.54 Å². The summed E-state index contributed by atoms with van der Waals surface area (Å²) in [5.74, 6) is 0.226. The maximum absolute atomic E-state index is 12.6. The minimum atomic E-state index is 0.157. The van der Waals surface area contributed by atoms with E-state index in [-0.39, 0.29) is 11.9 Å². The molecule has 0 aliphatic carbocycles. The number of nitrogens with zero attached hydrogens (tertiary/aromatic N) is 2. The first kappa shape index (κ1) is 13.9. The molecule has 0 bridgehead atoms. The highest BCUT2D eigenvalue weighted by Crippen LogP contribution is 2.36. The first-order chi connectivity index (χ1) is 10.8. The molecule has 0 radical (unpaired) electrons. The second-order valence-electron chi connectivity index (χ2n) is 5.52. The van der Waals surface area contributed by atoms with Crippen molar-refractivity contribution in [3.8, 4) is 0 Å². The van der Waals surface area contributed by atoms with Crippen molar-refractivity contribution >= 4 is 38.8 Å². The van der Waals surface area contributed by atoms with E-state index in [9.17, 15) is 4.79 Å². The molecule has 1 atom stereocenters. The molecule has 1 aliphatic heterocycles. The van der Waals surface area contributed by atoms with Crippen molar-refractivity contribution in [2.24, 2.45) is 0 Å². The van der Waals surface area contributed by atoms with E-state index in [1.54, 1.807) is 22.7 Å². The molecule has 1 aliphatic rings. The van der Waals surface area contributed by atoms with Crippen LogP contribution in [-0.4, -0.2) is 22.3 Å². The molecule has 3 aromatic rings.